The number of pyridine rings is 3. The van der Waals surface area contributed by atoms with Gasteiger partial charge in [0.15, 0.2) is 0 Å². The number of amides is 4. The molecule has 3 aromatic heterocycles. The van der Waals surface area contributed by atoms with E-state index in [1.807, 2.05) is 128 Å². The van der Waals surface area contributed by atoms with Gasteiger partial charge in [0.25, 0.3) is 0 Å². The summed E-state index contributed by atoms with van der Waals surface area (Å²) >= 11 is 4.06. The maximum atomic E-state index is 12.7. The lowest BCUT2D eigenvalue weighted by molar-refractivity contribution is -0.144. The summed E-state index contributed by atoms with van der Waals surface area (Å²) in [6, 6.07) is 20.1. The van der Waals surface area contributed by atoms with Gasteiger partial charge in [-0.2, -0.15) is 53.6 Å². The smallest absolute Gasteiger partial charge is 0.399 e. The number of alkyl halides is 6. The topological polar surface area (TPSA) is 291 Å². The van der Waals surface area contributed by atoms with Crippen molar-refractivity contribution in [2.24, 2.45) is 17.6 Å². The Bertz CT molecular complexity index is 3590. The van der Waals surface area contributed by atoms with Crippen LogP contribution in [-0.4, -0.2) is 203 Å². The SMILES string of the molecule is C1COCCN1.CC1(N)CCOCC1.CC1(Nc2cc(I)cc(N)n2)CCOCC1.CCOCC.CCOCC.Cc1ccc(NC(=O)N2CC[C@@H](CC(F)(F)F)C2)cc1-c1cc(N)nc(NC2(C)CCOCC2)c1.Cc1ccc(NC(=O)N2CC[C@@H](CC(F)(F)F)C2)cc1B1OC(C)(C)C(C)(C)O1.Fc1cc(I)cc(F)n1.S. The highest BCUT2D eigenvalue weighted by Gasteiger charge is 2.52. The van der Waals surface area contributed by atoms with Crippen LogP contribution in [0.5, 0.6) is 0 Å². The number of nitrogens with zero attached hydrogens (tertiary/aromatic N) is 5. The van der Waals surface area contributed by atoms with Crippen LogP contribution in [0.15, 0.2) is 72.8 Å². The molecule has 2 aromatic carbocycles. The highest BCUT2D eigenvalue weighted by Crippen LogP contribution is 2.39. The van der Waals surface area contributed by atoms with Gasteiger partial charge in [-0.15, -0.1) is 0 Å². The molecule has 10 heterocycles. The number of urea groups is 2. The number of halogens is 10. The first kappa shape index (κ1) is 101. The van der Waals surface area contributed by atoms with Gasteiger partial charge in [0, 0.05) is 165 Å². The highest BCUT2D eigenvalue weighted by molar-refractivity contribution is 14.1. The summed E-state index contributed by atoms with van der Waals surface area (Å²) in [5.41, 5.74) is 22.3. The van der Waals surface area contributed by atoms with Gasteiger partial charge in [-0.25, -0.2) is 19.6 Å². The molecule has 35 heteroatoms. The third-order valence-electron chi connectivity index (χ3n) is 19.8. The van der Waals surface area contributed by atoms with E-state index in [-0.39, 0.29) is 43.2 Å². The quantitative estimate of drug-likeness (QED) is 0.0222. The van der Waals surface area contributed by atoms with Crippen molar-refractivity contribution >= 4 is 118 Å². The molecule has 0 unspecified atom stereocenters. The number of morpholine rings is 1. The van der Waals surface area contributed by atoms with Crippen molar-refractivity contribution < 1.29 is 82.4 Å². The molecule has 12 rings (SSSR count). The van der Waals surface area contributed by atoms with Crippen LogP contribution in [0, 0.1) is 44.7 Å². The van der Waals surface area contributed by atoms with Gasteiger partial charge in [-0.1, -0.05) is 17.7 Å². The lowest BCUT2D eigenvalue weighted by Gasteiger charge is -2.35. The fourth-order valence-corrected chi connectivity index (χ4v) is 13.6. The molecule has 7 aliphatic rings. The first-order valence-electron chi connectivity index (χ1n) is 38.6. The molecule has 11 N–H and O–H groups in total. The van der Waals surface area contributed by atoms with E-state index in [0.29, 0.717) is 71.5 Å². The van der Waals surface area contributed by atoms with Crippen molar-refractivity contribution in [1.82, 2.24) is 30.1 Å². The number of carbonyl (C=O) groups excluding carboxylic acids is 2. The number of carbonyl (C=O) groups is 2. The number of nitrogens with two attached hydrogens (primary N) is 3. The number of rotatable bonds is 14. The lowest BCUT2D eigenvalue weighted by atomic mass is 9.76. The van der Waals surface area contributed by atoms with Gasteiger partial charge < -0.3 is 91.3 Å². The zero-order chi connectivity index (χ0) is 83.8. The third-order valence-corrected chi connectivity index (χ3v) is 21.0. The van der Waals surface area contributed by atoms with Crippen molar-refractivity contribution in [3.8, 4) is 11.1 Å². The molecule has 2 atom stereocenters. The molecular weight excluding hydrogens is 1740 g/mol. The molecule has 0 bridgehead atoms. The van der Waals surface area contributed by atoms with Crippen LogP contribution < -0.4 is 49.2 Å². The first-order chi connectivity index (χ1) is 53.1. The summed E-state index contributed by atoms with van der Waals surface area (Å²) in [7, 11) is -0.556. The number of nitrogen functional groups attached to an aromatic ring is 2. The average Bonchev–Trinajstić information content (AvgIpc) is 1.61. The van der Waals surface area contributed by atoms with Gasteiger partial charge in [0.2, 0.25) is 11.9 Å². The van der Waals surface area contributed by atoms with Crippen LogP contribution in [-0.2, 0) is 37.7 Å². The number of likely N-dealkylation sites (tertiary alicyclic amines) is 2. The summed E-state index contributed by atoms with van der Waals surface area (Å²) in [5.74, 6) is -0.192. The molecular formula is C79H122BF8I2N13O10S. The van der Waals surface area contributed by atoms with E-state index in [4.69, 9.17) is 54.9 Å². The minimum atomic E-state index is -4.22. The molecule has 7 saturated heterocycles. The zero-order valence-electron chi connectivity index (χ0n) is 68.3. The van der Waals surface area contributed by atoms with E-state index < -0.39 is 79.3 Å². The van der Waals surface area contributed by atoms with E-state index in [1.165, 1.54) is 9.80 Å². The second kappa shape index (κ2) is 48.6. The van der Waals surface area contributed by atoms with Crippen molar-refractivity contribution in [2.75, 3.05) is 151 Å². The molecule has 7 fully saturated rings. The third kappa shape index (κ3) is 37.7. The van der Waals surface area contributed by atoms with E-state index in [1.54, 1.807) is 24.3 Å². The van der Waals surface area contributed by atoms with Crippen LogP contribution in [0.1, 0.15) is 151 Å². The Morgan fingerprint density at radius 3 is 1.32 bits per heavy atom. The van der Waals surface area contributed by atoms with Gasteiger partial charge in [-0.3, -0.25) is 0 Å². The molecule has 7 aliphatic heterocycles. The van der Waals surface area contributed by atoms with Crippen LogP contribution >= 0.6 is 58.7 Å². The maximum absolute atomic E-state index is 12.7. The Hall–Kier alpha value is -5.46. The molecule has 23 nitrogen and oxygen atoms in total. The lowest BCUT2D eigenvalue weighted by Crippen LogP contribution is -2.41. The van der Waals surface area contributed by atoms with Crippen molar-refractivity contribution in [3.63, 3.8) is 0 Å². The van der Waals surface area contributed by atoms with Crippen molar-refractivity contribution in [1.29, 1.82) is 0 Å². The molecule has 0 spiro atoms. The molecule has 0 saturated carbocycles. The second-order valence-electron chi connectivity index (χ2n) is 30.4. The predicted molar refractivity (Wildman–Crippen MR) is 458 cm³/mol. The average molecular weight is 1860 g/mol. The minimum absolute atomic E-state index is 0. The van der Waals surface area contributed by atoms with Crippen LogP contribution in [0.3, 0.4) is 0 Å². The Labute approximate surface area is 703 Å². The Morgan fingerprint density at radius 2 is 0.956 bits per heavy atom. The van der Waals surface area contributed by atoms with Crippen LogP contribution in [0.2, 0.25) is 0 Å². The van der Waals surface area contributed by atoms with Gasteiger partial charge in [-0.05, 0) is 269 Å². The van der Waals surface area contributed by atoms with E-state index in [2.05, 4.69) is 84.9 Å². The van der Waals surface area contributed by atoms with Crippen LogP contribution in [0.4, 0.5) is 79.4 Å². The first-order valence-corrected chi connectivity index (χ1v) is 40.8. The summed E-state index contributed by atoms with van der Waals surface area (Å²) in [5, 5.41) is 15.8. The molecule has 642 valence electrons. The zero-order valence-corrected chi connectivity index (χ0v) is 73.6. The number of hydrogen-bond acceptors (Lipinski definition) is 19. The maximum Gasteiger partial charge on any atom is 0.495 e. The number of nitrogens with one attached hydrogen (secondary N) is 5. The Balaban J connectivity index is 0.000000306. The molecule has 0 aliphatic carbocycles. The molecule has 114 heavy (non-hydrogen) atoms. The van der Waals surface area contributed by atoms with E-state index >= 15 is 0 Å². The summed E-state index contributed by atoms with van der Waals surface area (Å²) in [6.07, 6.45) is -3.69. The Kier molecular flexibility index (Phi) is 43.0. The van der Waals surface area contributed by atoms with E-state index in [9.17, 15) is 44.7 Å². The monoisotopic (exact) mass is 1860 g/mol. The van der Waals surface area contributed by atoms with Gasteiger partial charge >= 0.3 is 31.5 Å². The fraction of sp³-hybridized carbons (Fsp3) is 0.633. The molecule has 5 aromatic rings. The number of hydrogen-bond donors (Lipinski definition) is 8. The second-order valence-corrected chi connectivity index (χ2v) is 32.9. The van der Waals surface area contributed by atoms with Gasteiger partial charge in [0.05, 0.1) is 24.4 Å². The summed E-state index contributed by atoms with van der Waals surface area (Å²) in [6.45, 7) is 38.9. The highest BCUT2D eigenvalue weighted by atomic mass is 127. The summed E-state index contributed by atoms with van der Waals surface area (Å²) in [4.78, 5) is 39.7. The Morgan fingerprint density at radius 1 is 0.561 bits per heavy atom. The predicted octanol–water partition coefficient (Wildman–Crippen LogP) is 16.1. The van der Waals surface area contributed by atoms with Crippen molar-refractivity contribution in [3.05, 3.63) is 103 Å². The number of anilines is 6. The largest absolute Gasteiger partial charge is 0.495 e. The normalized spacial score (nSPS) is 19.6. The number of ether oxygens (including phenoxy) is 6. The standard InChI is InChI=1S/C25H32F3N5O2.C20H28BF3N2O3.C11H16IN3O.C6H13NO.C5H2F2IN.C4H9NO.2C4H10O.H2S/c1-16-3-4-19(30-23(34)33-8-5-17(15-33)14-25(26,27)28)13-20(16)18-11-21(29)31-22(12-18)32-24(2)6-9-35-10-7-24;1-13-6-7-15(10-16(13)21-28-18(2,3)19(4,5)29-21)25-17(27)26-9-8-14(12-26)11-20(22,23)24;1-11(2-4-16-5-3-11)15-10-7-8(12)6-9(13)14-10;1-6(7)2-4-8-5-3-6;6-4-1-3(8)2-5(7)9-4;1-3-6-4-2-5-1;2*1-3-5-4-2;/h3-4,11-13,17H,5-10,14-15H2,1-2H3,(H,30,34)(H3,29,31,32);6-7,10,14H,8-9,11-12H2,1-5H3,(H,25,27);6-7H,2-5H2,1H3,(H3,13,14,15);2-5,7H2,1H3;1-2H;5H,1-4H2;2*3-4H2,1-2H3;1H2/t17-;14-;;;;;;;/m00......./s1. The molecule has 4 amide bonds. The molecule has 0 radical (unpaired) electrons. The number of aryl methyl sites for hydroxylation is 2. The number of benzene rings is 2. The van der Waals surface area contributed by atoms with Crippen molar-refractivity contribution in [2.45, 2.75) is 194 Å². The minimum Gasteiger partial charge on any atom is -0.399 e. The fourth-order valence-electron chi connectivity index (χ4n) is 12.4. The number of aromatic nitrogens is 3. The summed E-state index contributed by atoms with van der Waals surface area (Å²) < 4.78 is 144. The van der Waals surface area contributed by atoms with Gasteiger partial charge in [0.1, 0.15) is 23.3 Å². The van der Waals surface area contributed by atoms with E-state index in [0.717, 1.165) is 167 Å². The van der Waals surface area contributed by atoms with Crippen LogP contribution in [0.25, 0.3) is 11.1 Å².